The van der Waals surface area contributed by atoms with Gasteiger partial charge in [0, 0.05) is 25.3 Å². The number of para-hydroxylation sites is 1. The molecule has 0 atom stereocenters. The van der Waals surface area contributed by atoms with Crippen LogP contribution < -0.4 is 11.1 Å². The minimum atomic E-state index is 0.0702. The topological polar surface area (TPSA) is 64.3 Å². The minimum Gasteiger partial charge on any atom is -0.378 e. The Bertz CT molecular complexity index is 428. The summed E-state index contributed by atoms with van der Waals surface area (Å²) in [6.45, 7) is 3.20. The summed E-state index contributed by atoms with van der Waals surface area (Å²) in [4.78, 5) is 12.0. The number of hydrogen-bond acceptors (Lipinski definition) is 3. The van der Waals surface area contributed by atoms with E-state index in [1.54, 1.807) is 0 Å². The number of amides is 1. The lowest BCUT2D eigenvalue weighted by Crippen LogP contribution is -2.34. The average molecular weight is 262 g/mol. The second kappa shape index (κ2) is 6.68. The summed E-state index contributed by atoms with van der Waals surface area (Å²) in [7, 11) is 0. The molecule has 1 saturated carbocycles. The number of hydrogen-bond donors (Lipinski definition) is 2. The highest BCUT2D eigenvalue weighted by atomic mass is 16.5. The molecule has 1 aliphatic carbocycles. The van der Waals surface area contributed by atoms with Gasteiger partial charge in [0.25, 0.3) is 0 Å². The van der Waals surface area contributed by atoms with E-state index < -0.39 is 0 Å². The second-order valence-electron chi connectivity index (χ2n) is 5.03. The SMILES string of the molecule is CCOC1CC(CC(=O)Nc2ccccc2CN)C1. The van der Waals surface area contributed by atoms with Crippen molar-refractivity contribution in [1.29, 1.82) is 0 Å². The number of carbonyl (C=O) groups is 1. The summed E-state index contributed by atoms with van der Waals surface area (Å²) in [6.07, 6.45) is 2.93. The van der Waals surface area contributed by atoms with Crippen molar-refractivity contribution in [1.82, 2.24) is 0 Å². The van der Waals surface area contributed by atoms with Gasteiger partial charge in [0.15, 0.2) is 0 Å². The van der Waals surface area contributed by atoms with Gasteiger partial charge in [0.05, 0.1) is 6.10 Å². The van der Waals surface area contributed by atoms with Crippen molar-refractivity contribution < 1.29 is 9.53 Å². The van der Waals surface area contributed by atoms with Crippen LogP contribution in [0.3, 0.4) is 0 Å². The van der Waals surface area contributed by atoms with Crippen LogP contribution in [0.5, 0.6) is 0 Å². The van der Waals surface area contributed by atoms with Gasteiger partial charge in [0.1, 0.15) is 0 Å². The van der Waals surface area contributed by atoms with Crippen molar-refractivity contribution in [2.75, 3.05) is 11.9 Å². The van der Waals surface area contributed by atoms with Gasteiger partial charge in [0.2, 0.25) is 5.91 Å². The number of anilines is 1. The third kappa shape index (κ3) is 3.78. The molecule has 1 aromatic carbocycles. The van der Waals surface area contributed by atoms with Crippen molar-refractivity contribution >= 4 is 11.6 Å². The van der Waals surface area contributed by atoms with Crippen LogP contribution >= 0.6 is 0 Å². The van der Waals surface area contributed by atoms with Crippen LogP contribution in [0.25, 0.3) is 0 Å². The van der Waals surface area contributed by atoms with Crippen LogP contribution in [0.1, 0.15) is 31.7 Å². The maximum Gasteiger partial charge on any atom is 0.224 e. The Morgan fingerprint density at radius 2 is 2.16 bits per heavy atom. The molecule has 104 valence electrons. The molecule has 4 nitrogen and oxygen atoms in total. The summed E-state index contributed by atoms with van der Waals surface area (Å²) < 4.78 is 5.50. The van der Waals surface area contributed by atoms with E-state index in [0.29, 0.717) is 25.0 Å². The molecule has 0 saturated heterocycles. The Morgan fingerprint density at radius 1 is 1.42 bits per heavy atom. The van der Waals surface area contributed by atoms with E-state index in [1.807, 2.05) is 31.2 Å². The summed E-state index contributed by atoms with van der Waals surface area (Å²) in [5, 5.41) is 2.95. The first-order valence-electron chi connectivity index (χ1n) is 6.92. The van der Waals surface area contributed by atoms with Crippen molar-refractivity contribution in [3.05, 3.63) is 29.8 Å². The molecule has 3 N–H and O–H groups in total. The maximum atomic E-state index is 12.0. The predicted octanol–water partition coefficient (Wildman–Crippen LogP) is 2.29. The molecule has 19 heavy (non-hydrogen) atoms. The summed E-state index contributed by atoms with van der Waals surface area (Å²) >= 11 is 0. The van der Waals surface area contributed by atoms with Crippen LogP contribution in [-0.2, 0) is 16.1 Å². The highest BCUT2D eigenvalue weighted by Gasteiger charge is 2.31. The Balaban J connectivity index is 1.79. The molecule has 1 amide bonds. The number of nitrogens with two attached hydrogens (primary N) is 1. The highest BCUT2D eigenvalue weighted by Crippen LogP contribution is 2.33. The van der Waals surface area contributed by atoms with Gasteiger partial charge in [-0.2, -0.15) is 0 Å². The molecule has 2 rings (SSSR count). The normalized spacial score (nSPS) is 21.8. The molecule has 4 heteroatoms. The Hall–Kier alpha value is -1.39. The number of ether oxygens (including phenoxy) is 1. The Labute approximate surface area is 114 Å². The first kappa shape index (κ1) is 14.0. The number of nitrogens with one attached hydrogen (secondary N) is 1. The van der Waals surface area contributed by atoms with E-state index in [-0.39, 0.29) is 5.91 Å². The van der Waals surface area contributed by atoms with Crippen molar-refractivity contribution in [2.45, 2.75) is 38.8 Å². The summed E-state index contributed by atoms with van der Waals surface area (Å²) in [6, 6.07) is 7.66. The lowest BCUT2D eigenvalue weighted by Gasteiger charge is -2.34. The zero-order valence-electron chi connectivity index (χ0n) is 11.4. The van der Waals surface area contributed by atoms with E-state index in [0.717, 1.165) is 30.7 Å². The smallest absolute Gasteiger partial charge is 0.224 e. The van der Waals surface area contributed by atoms with E-state index in [1.165, 1.54) is 0 Å². The molecule has 0 radical (unpaired) electrons. The third-order valence-electron chi connectivity index (χ3n) is 3.58. The first-order chi connectivity index (χ1) is 9.22. The quantitative estimate of drug-likeness (QED) is 0.826. The van der Waals surface area contributed by atoms with Gasteiger partial charge in [-0.05, 0) is 37.3 Å². The largest absolute Gasteiger partial charge is 0.378 e. The average Bonchev–Trinajstić information content (AvgIpc) is 2.37. The van der Waals surface area contributed by atoms with E-state index in [9.17, 15) is 4.79 Å². The molecule has 0 heterocycles. The van der Waals surface area contributed by atoms with Crippen LogP contribution in [0.4, 0.5) is 5.69 Å². The monoisotopic (exact) mass is 262 g/mol. The highest BCUT2D eigenvalue weighted by molar-refractivity contribution is 5.91. The zero-order chi connectivity index (χ0) is 13.7. The summed E-state index contributed by atoms with van der Waals surface area (Å²) in [5.74, 6) is 0.530. The van der Waals surface area contributed by atoms with Crippen LogP contribution in [0, 0.1) is 5.92 Å². The van der Waals surface area contributed by atoms with Crippen LogP contribution in [0.2, 0.25) is 0 Å². The van der Waals surface area contributed by atoms with Gasteiger partial charge in [-0.3, -0.25) is 4.79 Å². The third-order valence-corrected chi connectivity index (χ3v) is 3.58. The molecule has 0 unspecified atom stereocenters. The molecule has 1 aliphatic rings. The molecule has 0 bridgehead atoms. The lowest BCUT2D eigenvalue weighted by atomic mass is 9.80. The fraction of sp³-hybridized carbons (Fsp3) is 0.533. The van der Waals surface area contributed by atoms with Crippen LogP contribution in [-0.4, -0.2) is 18.6 Å². The van der Waals surface area contributed by atoms with Gasteiger partial charge in [-0.25, -0.2) is 0 Å². The number of rotatable bonds is 6. The first-order valence-corrected chi connectivity index (χ1v) is 6.92. The van der Waals surface area contributed by atoms with Gasteiger partial charge in [-0.15, -0.1) is 0 Å². The Morgan fingerprint density at radius 3 is 2.84 bits per heavy atom. The van der Waals surface area contributed by atoms with E-state index >= 15 is 0 Å². The zero-order valence-corrected chi connectivity index (χ0v) is 11.4. The number of benzene rings is 1. The van der Waals surface area contributed by atoms with E-state index in [4.69, 9.17) is 10.5 Å². The molecular formula is C15H22N2O2. The van der Waals surface area contributed by atoms with Gasteiger partial charge in [-0.1, -0.05) is 18.2 Å². The fourth-order valence-corrected chi connectivity index (χ4v) is 2.50. The molecule has 1 aromatic rings. The predicted molar refractivity (Wildman–Crippen MR) is 75.7 cm³/mol. The van der Waals surface area contributed by atoms with E-state index in [2.05, 4.69) is 5.32 Å². The molecule has 0 aromatic heterocycles. The van der Waals surface area contributed by atoms with Crippen LogP contribution in [0.15, 0.2) is 24.3 Å². The fourth-order valence-electron chi connectivity index (χ4n) is 2.50. The maximum absolute atomic E-state index is 12.0. The molecule has 0 aliphatic heterocycles. The summed E-state index contributed by atoms with van der Waals surface area (Å²) in [5.41, 5.74) is 7.45. The Kier molecular flexibility index (Phi) is 4.93. The van der Waals surface area contributed by atoms with Gasteiger partial charge >= 0.3 is 0 Å². The minimum absolute atomic E-state index is 0.0702. The standard InChI is InChI=1S/C15H22N2O2/c1-2-19-13-7-11(8-13)9-15(18)17-14-6-4-3-5-12(14)10-16/h3-6,11,13H,2,7-10,16H2,1H3,(H,17,18). The second-order valence-corrected chi connectivity index (χ2v) is 5.03. The van der Waals surface area contributed by atoms with Crippen molar-refractivity contribution in [2.24, 2.45) is 11.7 Å². The lowest BCUT2D eigenvalue weighted by molar-refractivity contribution is -0.119. The molecule has 1 fully saturated rings. The number of carbonyl (C=O) groups excluding carboxylic acids is 1. The van der Waals surface area contributed by atoms with Crippen molar-refractivity contribution in [3.63, 3.8) is 0 Å². The van der Waals surface area contributed by atoms with Gasteiger partial charge < -0.3 is 15.8 Å². The van der Waals surface area contributed by atoms with Crippen molar-refractivity contribution in [3.8, 4) is 0 Å². The molecular weight excluding hydrogens is 240 g/mol. The molecule has 0 spiro atoms.